The smallest absolute Gasteiger partial charge is 0.244 e. The molecule has 1 N–H and O–H groups in total. The molecule has 0 fully saturated rings. The first-order chi connectivity index (χ1) is 19.7. The quantitative estimate of drug-likeness (QED) is 0.275. The number of rotatable bonds is 12. The van der Waals surface area contributed by atoms with Crippen molar-refractivity contribution in [3.63, 3.8) is 0 Å². The number of carbonyl (C=O) groups excluding carboxylic acids is 2. The van der Waals surface area contributed by atoms with E-state index in [9.17, 15) is 18.0 Å². The number of nitrogens with one attached hydrogen (secondary N) is 1. The molecule has 0 aromatic heterocycles. The highest BCUT2D eigenvalue weighted by atomic mass is 35.5. The van der Waals surface area contributed by atoms with Crippen LogP contribution in [0.1, 0.15) is 38.8 Å². The number of anilines is 1. The van der Waals surface area contributed by atoms with E-state index in [1.54, 1.807) is 42.5 Å². The third kappa shape index (κ3) is 9.64. The largest absolute Gasteiger partial charge is 0.494 e. The summed E-state index contributed by atoms with van der Waals surface area (Å²) in [7, 11) is -3.88. The van der Waals surface area contributed by atoms with Crippen molar-refractivity contribution >= 4 is 50.7 Å². The Balaban J connectivity index is 2.07. The zero-order chi connectivity index (χ0) is 31.1. The van der Waals surface area contributed by atoms with Crippen LogP contribution < -0.4 is 14.4 Å². The Labute approximate surface area is 258 Å². The number of sulfonamides is 1. The van der Waals surface area contributed by atoms with Crippen molar-refractivity contribution in [3.8, 4) is 5.75 Å². The average molecular weight is 635 g/mol. The van der Waals surface area contributed by atoms with E-state index < -0.39 is 34.1 Å². The third-order valence-electron chi connectivity index (χ3n) is 6.22. The van der Waals surface area contributed by atoms with E-state index in [0.29, 0.717) is 33.7 Å². The lowest BCUT2D eigenvalue weighted by Gasteiger charge is -2.35. The molecule has 0 heterocycles. The zero-order valence-electron chi connectivity index (χ0n) is 24.4. The fourth-order valence-corrected chi connectivity index (χ4v) is 5.50. The molecule has 226 valence electrons. The number of hydrogen-bond donors (Lipinski definition) is 1. The van der Waals surface area contributed by atoms with Crippen molar-refractivity contribution in [1.29, 1.82) is 0 Å². The lowest BCUT2D eigenvalue weighted by atomic mass is 10.0. The van der Waals surface area contributed by atoms with Crippen LogP contribution in [0.5, 0.6) is 5.75 Å². The van der Waals surface area contributed by atoms with E-state index in [4.69, 9.17) is 27.9 Å². The van der Waals surface area contributed by atoms with Crippen LogP contribution in [0.2, 0.25) is 10.0 Å². The predicted octanol–water partition coefficient (Wildman–Crippen LogP) is 5.71. The minimum atomic E-state index is -3.88. The molecule has 8 nitrogen and oxygen atoms in total. The summed E-state index contributed by atoms with van der Waals surface area (Å²) in [6.07, 6.45) is 1.24. The maximum Gasteiger partial charge on any atom is 0.244 e. The highest BCUT2D eigenvalue weighted by molar-refractivity contribution is 7.92. The molecule has 0 saturated heterocycles. The second-order valence-electron chi connectivity index (χ2n) is 10.9. The van der Waals surface area contributed by atoms with Gasteiger partial charge < -0.3 is 15.0 Å². The summed E-state index contributed by atoms with van der Waals surface area (Å²) in [4.78, 5) is 29.3. The molecule has 1 atom stereocenters. The van der Waals surface area contributed by atoms with Gasteiger partial charge in [0.05, 0.1) is 28.6 Å². The van der Waals surface area contributed by atoms with E-state index >= 15 is 0 Å². The van der Waals surface area contributed by atoms with Gasteiger partial charge in [0.1, 0.15) is 18.3 Å². The van der Waals surface area contributed by atoms with Gasteiger partial charge >= 0.3 is 0 Å². The predicted molar refractivity (Wildman–Crippen MR) is 169 cm³/mol. The van der Waals surface area contributed by atoms with E-state index in [0.717, 1.165) is 16.1 Å². The molecular formula is C31H37Cl2N3O5S. The first kappa shape index (κ1) is 33.2. The molecule has 0 saturated carbocycles. The van der Waals surface area contributed by atoms with E-state index in [1.165, 1.54) is 4.90 Å². The molecule has 0 spiro atoms. The molecule has 0 aliphatic carbocycles. The van der Waals surface area contributed by atoms with Crippen LogP contribution in [0, 0.1) is 0 Å². The second kappa shape index (κ2) is 14.3. The van der Waals surface area contributed by atoms with Gasteiger partial charge in [-0.05, 0) is 75.2 Å². The maximum absolute atomic E-state index is 14.2. The van der Waals surface area contributed by atoms with Gasteiger partial charge in [-0.15, -0.1) is 0 Å². The lowest BCUT2D eigenvalue weighted by Crippen LogP contribution is -2.56. The Morgan fingerprint density at radius 2 is 1.57 bits per heavy atom. The summed E-state index contributed by atoms with van der Waals surface area (Å²) in [6, 6.07) is 19.8. The van der Waals surface area contributed by atoms with Crippen molar-refractivity contribution in [2.45, 2.75) is 52.2 Å². The number of ether oxygens (including phenoxy) is 1. The number of carbonyl (C=O) groups is 2. The molecular weight excluding hydrogens is 597 g/mol. The van der Waals surface area contributed by atoms with Crippen molar-refractivity contribution in [1.82, 2.24) is 10.2 Å². The highest BCUT2D eigenvalue weighted by Crippen LogP contribution is 2.26. The molecule has 3 rings (SSSR count). The molecule has 3 aromatic carbocycles. The van der Waals surface area contributed by atoms with Gasteiger partial charge in [0.2, 0.25) is 21.8 Å². The van der Waals surface area contributed by atoms with Gasteiger partial charge in [0.25, 0.3) is 0 Å². The molecule has 0 unspecified atom stereocenters. The monoisotopic (exact) mass is 633 g/mol. The van der Waals surface area contributed by atoms with Crippen molar-refractivity contribution in [2.24, 2.45) is 0 Å². The summed E-state index contributed by atoms with van der Waals surface area (Å²) < 4.78 is 32.4. The fraction of sp³-hybridized carbons (Fsp3) is 0.355. The average Bonchev–Trinajstić information content (AvgIpc) is 2.91. The van der Waals surface area contributed by atoms with Crippen LogP contribution in [0.25, 0.3) is 0 Å². The Morgan fingerprint density at radius 3 is 2.12 bits per heavy atom. The number of amides is 2. The van der Waals surface area contributed by atoms with Gasteiger partial charge in [0.15, 0.2) is 0 Å². The SMILES string of the molecule is CCOc1ccc(N(CC(=O)N(Cc2ccc(Cl)c(Cl)c2)[C@H](Cc2ccccc2)C(=O)NC(C)(C)C)S(C)(=O)=O)cc1. The topological polar surface area (TPSA) is 96.0 Å². The van der Waals surface area contributed by atoms with Crippen LogP contribution in [-0.2, 0) is 32.6 Å². The number of nitrogens with zero attached hydrogens (tertiary/aromatic N) is 2. The molecule has 0 radical (unpaired) electrons. The molecule has 42 heavy (non-hydrogen) atoms. The van der Waals surface area contributed by atoms with Crippen LogP contribution in [0.3, 0.4) is 0 Å². The van der Waals surface area contributed by atoms with E-state index in [2.05, 4.69) is 5.32 Å². The summed E-state index contributed by atoms with van der Waals surface area (Å²) >= 11 is 12.4. The van der Waals surface area contributed by atoms with Crippen molar-refractivity contribution in [3.05, 3.63) is 94.0 Å². The molecule has 11 heteroatoms. The van der Waals surface area contributed by atoms with Crippen LogP contribution in [0.15, 0.2) is 72.8 Å². The van der Waals surface area contributed by atoms with Gasteiger partial charge in [-0.3, -0.25) is 13.9 Å². The Morgan fingerprint density at radius 1 is 0.929 bits per heavy atom. The fourth-order valence-electron chi connectivity index (χ4n) is 4.33. The van der Waals surface area contributed by atoms with E-state index in [-0.39, 0.29) is 18.9 Å². The Kier molecular flexibility index (Phi) is 11.3. The second-order valence-corrected chi connectivity index (χ2v) is 13.6. The summed E-state index contributed by atoms with van der Waals surface area (Å²) in [6.45, 7) is 7.33. The molecule has 2 amide bonds. The zero-order valence-corrected chi connectivity index (χ0v) is 26.8. The Bertz CT molecular complexity index is 1480. The normalized spacial score (nSPS) is 12.4. The minimum Gasteiger partial charge on any atom is -0.494 e. The van der Waals surface area contributed by atoms with Gasteiger partial charge in [-0.1, -0.05) is 59.6 Å². The van der Waals surface area contributed by atoms with Crippen molar-refractivity contribution in [2.75, 3.05) is 23.7 Å². The molecule has 3 aromatic rings. The molecule has 0 aliphatic heterocycles. The summed E-state index contributed by atoms with van der Waals surface area (Å²) in [5.41, 5.74) is 1.18. The number of halogens is 2. The standard InChI is InChI=1S/C31H37Cl2N3O5S/c1-6-41-25-15-13-24(14-16-25)36(42(5,39)40)21-29(37)35(20-23-12-17-26(32)27(33)18-23)28(30(38)34-31(2,3)4)19-22-10-8-7-9-11-22/h7-18,28H,6,19-21H2,1-5H3,(H,34,38)/t28-/m1/s1. The lowest BCUT2D eigenvalue weighted by molar-refractivity contribution is -0.140. The van der Waals surface area contributed by atoms with E-state index in [1.807, 2.05) is 58.0 Å². The summed E-state index contributed by atoms with van der Waals surface area (Å²) in [5, 5.41) is 3.64. The first-order valence-corrected chi connectivity index (χ1v) is 16.1. The summed E-state index contributed by atoms with van der Waals surface area (Å²) in [5.74, 6) is -0.360. The van der Waals surface area contributed by atoms with Crippen LogP contribution in [-0.4, -0.2) is 56.1 Å². The van der Waals surface area contributed by atoms with Crippen LogP contribution in [0.4, 0.5) is 5.69 Å². The van der Waals surface area contributed by atoms with Gasteiger partial charge in [-0.25, -0.2) is 8.42 Å². The highest BCUT2D eigenvalue weighted by Gasteiger charge is 2.34. The van der Waals surface area contributed by atoms with Gasteiger partial charge in [0, 0.05) is 18.5 Å². The van der Waals surface area contributed by atoms with Gasteiger partial charge in [-0.2, -0.15) is 0 Å². The first-order valence-electron chi connectivity index (χ1n) is 13.5. The molecule has 0 aliphatic rings. The van der Waals surface area contributed by atoms with Crippen LogP contribution >= 0.6 is 23.2 Å². The Hall–Kier alpha value is -3.27. The molecule has 0 bridgehead atoms. The number of hydrogen-bond acceptors (Lipinski definition) is 5. The number of benzene rings is 3. The third-order valence-corrected chi connectivity index (χ3v) is 8.10. The maximum atomic E-state index is 14.2. The minimum absolute atomic E-state index is 0.00827. The van der Waals surface area contributed by atoms with Crippen molar-refractivity contribution < 1.29 is 22.7 Å².